The van der Waals surface area contributed by atoms with Gasteiger partial charge in [0.15, 0.2) is 0 Å². The van der Waals surface area contributed by atoms with Crippen LogP contribution in [0.3, 0.4) is 0 Å². The molecule has 1 aliphatic rings. The number of hydrogen-bond acceptors (Lipinski definition) is 3. The Morgan fingerprint density at radius 3 is 3.05 bits per heavy atom. The van der Waals surface area contributed by atoms with Crippen LogP contribution in [-0.2, 0) is 11.2 Å². The number of aryl methyl sites for hydroxylation is 1. The van der Waals surface area contributed by atoms with Gasteiger partial charge in [-0.2, -0.15) is 0 Å². The molecular weight excluding hydrogens is 262 g/mol. The Labute approximate surface area is 124 Å². The van der Waals surface area contributed by atoms with Gasteiger partial charge in [0, 0.05) is 35.6 Å². The van der Waals surface area contributed by atoms with Gasteiger partial charge in [-0.25, -0.2) is 0 Å². The molecule has 4 heteroatoms. The number of benzene rings is 1. The van der Waals surface area contributed by atoms with Crippen molar-refractivity contribution in [2.75, 3.05) is 11.9 Å². The van der Waals surface area contributed by atoms with Crippen LogP contribution in [0.15, 0.2) is 42.2 Å². The lowest BCUT2D eigenvalue weighted by Crippen LogP contribution is -2.22. The van der Waals surface area contributed by atoms with Crippen molar-refractivity contribution in [3.63, 3.8) is 0 Å². The number of aromatic nitrogens is 1. The van der Waals surface area contributed by atoms with Crippen molar-refractivity contribution >= 4 is 22.5 Å². The molecule has 2 N–H and O–H groups in total. The zero-order chi connectivity index (χ0) is 14.7. The molecule has 0 saturated carbocycles. The summed E-state index contributed by atoms with van der Waals surface area (Å²) in [6.45, 7) is 3.04. The highest BCUT2D eigenvalue weighted by molar-refractivity contribution is 6.05. The smallest absolute Gasteiger partial charge is 0.253 e. The van der Waals surface area contributed by atoms with Gasteiger partial charge in [-0.1, -0.05) is 13.0 Å². The van der Waals surface area contributed by atoms with Crippen molar-refractivity contribution in [3.8, 4) is 0 Å². The Hall–Kier alpha value is -2.36. The van der Waals surface area contributed by atoms with Gasteiger partial charge >= 0.3 is 0 Å². The van der Waals surface area contributed by atoms with Crippen molar-refractivity contribution < 1.29 is 4.79 Å². The Bertz CT molecular complexity index is 706. The standard InChI is InChI=1S/C17H19N3O/c1-2-13-14-6-4-10-19-15(14)7-8-16(13)20-17(21)12-5-3-9-18-11-12/h4,6-8,10-11,18H,2-3,5,9H2,1H3,(H,20,21). The first-order chi connectivity index (χ1) is 10.3. The summed E-state index contributed by atoms with van der Waals surface area (Å²) in [5, 5.41) is 7.28. The molecule has 1 amide bonds. The lowest BCUT2D eigenvalue weighted by atomic mass is 10.0. The van der Waals surface area contributed by atoms with E-state index < -0.39 is 0 Å². The number of rotatable bonds is 3. The predicted molar refractivity (Wildman–Crippen MR) is 85.1 cm³/mol. The van der Waals surface area contributed by atoms with Crippen LogP contribution in [0.25, 0.3) is 10.9 Å². The quantitative estimate of drug-likeness (QED) is 0.909. The third-order valence-electron chi connectivity index (χ3n) is 3.83. The maximum absolute atomic E-state index is 12.3. The molecule has 1 aromatic carbocycles. The summed E-state index contributed by atoms with van der Waals surface area (Å²) in [5.74, 6) is -0.0138. The summed E-state index contributed by atoms with van der Waals surface area (Å²) in [7, 11) is 0. The minimum absolute atomic E-state index is 0.0138. The highest BCUT2D eigenvalue weighted by Crippen LogP contribution is 2.26. The number of anilines is 1. The van der Waals surface area contributed by atoms with E-state index in [1.54, 1.807) is 6.20 Å². The van der Waals surface area contributed by atoms with Gasteiger partial charge in [0.2, 0.25) is 0 Å². The number of hydrogen-bond donors (Lipinski definition) is 2. The molecule has 0 atom stereocenters. The van der Waals surface area contributed by atoms with E-state index in [0.717, 1.165) is 53.5 Å². The molecule has 3 rings (SSSR count). The second kappa shape index (κ2) is 5.95. The fourth-order valence-corrected chi connectivity index (χ4v) is 2.74. The van der Waals surface area contributed by atoms with Crippen LogP contribution in [0, 0.1) is 0 Å². The highest BCUT2D eigenvalue weighted by atomic mass is 16.1. The fraction of sp³-hybridized carbons (Fsp3) is 0.294. The van der Waals surface area contributed by atoms with Crippen molar-refractivity contribution in [2.45, 2.75) is 26.2 Å². The maximum Gasteiger partial charge on any atom is 0.253 e. The van der Waals surface area contributed by atoms with Crippen LogP contribution in [0.1, 0.15) is 25.3 Å². The largest absolute Gasteiger partial charge is 0.391 e. The number of amides is 1. The lowest BCUT2D eigenvalue weighted by molar-refractivity contribution is -0.113. The van der Waals surface area contributed by atoms with Gasteiger partial charge in [0.05, 0.1) is 5.52 Å². The summed E-state index contributed by atoms with van der Waals surface area (Å²) in [6.07, 6.45) is 6.30. The van der Waals surface area contributed by atoms with Gasteiger partial charge in [-0.05, 0) is 43.0 Å². The number of pyridine rings is 1. The molecule has 0 bridgehead atoms. The van der Waals surface area contributed by atoms with E-state index in [1.165, 1.54) is 0 Å². The summed E-state index contributed by atoms with van der Waals surface area (Å²) in [5.41, 5.74) is 3.80. The molecular formula is C17H19N3O. The molecule has 21 heavy (non-hydrogen) atoms. The van der Waals surface area contributed by atoms with Crippen LogP contribution >= 0.6 is 0 Å². The van der Waals surface area contributed by atoms with E-state index in [0.29, 0.717) is 0 Å². The summed E-state index contributed by atoms with van der Waals surface area (Å²) in [4.78, 5) is 16.7. The molecule has 0 saturated heterocycles. The van der Waals surface area contributed by atoms with Crippen molar-refractivity contribution in [2.24, 2.45) is 0 Å². The number of nitrogens with one attached hydrogen (secondary N) is 2. The fourth-order valence-electron chi connectivity index (χ4n) is 2.74. The summed E-state index contributed by atoms with van der Waals surface area (Å²) >= 11 is 0. The van der Waals surface area contributed by atoms with E-state index in [-0.39, 0.29) is 5.91 Å². The van der Waals surface area contributed by atoms with E-state index in [1.807, 2.05) is 24.4 Å². The third kappa shape index (κ3) is 2.75. The number of carbonyl (C=O) groups excluding carboxylic acids is 1. The molecule has 4 nitrogen and oxygen atoms in total. The van der Waals surface area contributed by atoms with E-state index in [2.05, 4.69) is 28.6 Å². The van der Waals surface area contributed by atoms with Crippen molar-refractivity contribution in [1.29, 1.82) is 0 Å². The van der Waals surface area contributed by atoms with Crippen LogP contribution in [0.2, 0.25) is 0 Å². The van der Waals surface area contributed by atoms with Gasteiger partial charge in [0.25, 0.3) is 5.91 Å². The average molecular weight is 281 g/mol. The monoisotopic (exact) mass is 281 g/mol. The second-order valence-electron chi connectivity index (χ2n) is 5.20. The zero-order valence-corrected chi connectivity index (χ0v) is 12.1. The summed E-state index contributed by atoms with van der Waals surface area (Å²) in [6, 6.07) is 7.89. The predicted octanol–water partition coefficient (Wildman–Crippen LogP) is 3.00. The first-order valence-corrected chi connectivity index (χ1v) is 7.40. The van der Waals surface area contributed by atoms with Gasteiger partial charge in [-0.3, -0.25) is 9.78 Å². The Morgan fingerprint density at radius 2 is 2.29 bits per heavy atom. The molecule has 0 radical (unpaired) electrons. The van der Waals surface area contributed by atoms with Crippen LogP contribution < -0.4 is 10.6 Å². The average Bonchev–Trinajstić information content (AvgIpc) is 2.55. The first-order valence-electron chi connectivity index (χ1n) is 7.40. The topological polar surface area (TPSA) is 54.0 Å². The number of fused-ring (bicyclic) bond motifs is 1. The Balaban J connectivity index is 1.93. The zero-order valence-electron chi connectivity index (χ0n) is 12.1. The Morgan fingerprint density at radius 1 is 1.38 bits per heavy atom. The molecule has 1 aliphatic heterocycles. The molecule has 108 valence electrons. The SMILES string of the molecule is CCc1c(NC(=O)C2=CNCCC2)ccc2ncccc12. The number of carbonyl (C=O) groups is 1. The highest BCUT2D eigenvalue weighted by Gasteiger charge is 2.14. The molecule has 0 spiro atoms. The van der Waals surface area contributed by atoms with E-state index >= 15 is 0 Å². The third-order valence-corrected chi connectivity index (χ3v) is 3.83. The molecule has 1 aromatic heterocycles. The number of nitrogens with zero attached hydrogens (tertiary/aromatic N) is 1. The minimum Gasteiger partial charge on any atom is -0.391 e. The molecule has 0 fully saturated rings. The first kappa shape index (κ1) is 13.6. The molecule has 2 aromatic rings. The van der Waals surface area contributed by atoms with Gasteiger partial charge in [-0.15, -0.1) is 0 Å². The van der Waals surface area contributed by atoms with Crippen LogP contribution in [-0.4, -0.2) is 17.4 Å². The van der Waals surface area contributed by atoms with Crippen LogP contribution in [0.5, 0.6) is 0 Å². The molecule has 0 unspecified atom stereocenters. The van der Waals surface area contributed by atoms with Crippen molar-refractivity contribution in [1.82, 2.24) is 10.3 Å². The van der Waals surface area contributed by atoms with E-state index in [4.69, 9.17) is 0 Å². The second-order valence-corrected chi connectivity index (χ2v) is 5.20. The van der Waals surface area contributed by atoms with Gasteiger partial charge in [0.1, 0.15) is 0 Å². The van der Waals surface area contributed by atoms with Gasteiger partial charge < -0.3 is 10.6 Å². The Kier molecular flexibility index (Phi) is 3.86. The minimum atomic E-state index is -0.0138. The van der Waals surface area contributed by atoms with E-state index in [9.17, 15) is 4.79 Å². The normalized spacial score (nSPS) is 14.4. The molecule has 2 heterocycles. The molecule has 0 aliphatic carbocycles. The lowest BCUT2D eigenvalue weighted by Gasteiger charge is -2.16. The maximum atomic E-state index is 12.3. The summed E-state index contributed by atoms with van der Waals surface area (Å²) < 4.78 is 0. The van der Waals surface area contributed by atoms with Crippen LogP contribution in [0.4, 0.5) is 5.69 Å². The van der Waals surface area contributed by atoms with Crippen molar-refractivity contribution in [3.05, 3.63) is 47.8 Å².